The van der Waals surface area contributed by atoms with Crippen LogP contribution in [0.15, 0.2) is 77.7 Å². The molecule has 35 heavy (non-hydrogen) atoms. The van der Waals surface area contributed by atoms with Crippen LogP contribution >= 0.6 is 23.4 Å². The van der Waals surface area contributed by atoms with E-state index in [9.17, 15) is 14.4 Å². The molecule has 0 unspecified atom stereocenters. The lowest BCUT2D eigenvalue weighted by atomic mass is 10.1. The molecule has 1 fully saturated rings. The SMILES string of the molecule is CCOc1cc(/C=C2/SC(=O)N(CC(=O)c3ccccc3)C2=O)ccc1OCc1ccc(Cl)cc1. The number of Topliss-reactive ketones (excluding diaryl/α,β-unsaturated/α-hetero) is 1. The minimum atomic E-state index is -0.495. The largest absolute Gasteiger partial charge is 0.490 e. The molecule has 0 radical (unpaired) electrons. The van der Waals surface area contributed by atoms with Gasteiger partial charge in [-0.05, 0) is 60.2 Å². The smallest absolute Gasteiger partial charge is 0.293 e. The number of ketones is 1. The van der Waals surface area contributed by atoms with Crippen molar-refractivity contribution in [3.05, 3.63) is 99.4 Å². The van der Waals surface area contributed by atoms with Crippen LogP contribution in [0.25, 0.3) is 6.08 Å². The highest BCUT2D eigenvalue weighted by Crippen LogP contribution is 2.35. The third-order valence-electron chi connectivity index (χ3n) is 5.14. The van der Waals surface area contributed by atoms with Crippen LogP contribution in [0, 0.1) is 0 Å². The lowest BCUT2D eigenvalue weighted by molar-refractivity contribution is -0.122. The Labute approximate surface area is 212 Å². The highest BCUT2D eigenvalue weighted by Gasteiger charge is 2.36. The number of ether oxygens (including phenoxy) is 2. The van der Waals surface area contributed by atoms with Gasteiger partial charge in [-0.2, -0.15) is 0 Å². The Bertz CT molecular complexity index is 1270. The van der Waals surface area contributed by atoms with Crippen LogP contribution in [-0.2, 0) is 11.4 Å². The first-order valence-electron chi connectivity index (χ1n) is 10.9. The normalized spacial score (nSPS) is 14.5. The lowest BCUT2D eigenvalue weighted by Gasteiger charge is -2.13. The number of carbonyl (C=O) groups is 3. The van der Waals surface area contributed by atoms with Crippen molar-refractivity contribution in [2.24, 2.45) is 0 Å². The molecule has 8 heteroatoms. The maximum atomic E-state index is 12.8. The van der Waals surface area contributed by atoms with Crippen LogP contribution in [0.5, 0.6) is 11.5 Å². The highest BCUT2D eigenvalue weighted by molar-refractivity contribution is 8.18. The molecule has 1 saturated heterocycles. The minimum absolute atomic E-state index is 0.244. The van der Waals surface area contributed by atoms with E-state index in [0.29, 0.717) is 40.9 Å². The van der Waals surface area contributed by atoms with Gasteiger partial charge in [0.05, 0.1) is 18.1 Å². The number of halogens is 1. The second-order valence-electron chi connectivity index (χ2n) is 7.61. The fraction of sp³-hybridized carbons (Fsp3) is 0.148. The van der Waals surface area contributed by atoms with Gasteiger partial charge in [0.1, 0.15) is 6.61 Å². The van der Waals surface area contributed by atoms with Crippen LogP contribution in [0.1, 0.15) is 28.4 Å². The Balaban J connectivity index is 1.48. The average Bonchev–Trinajstić information content (AvgIpc) is 3.12. The first kappa shape index (κ1) is 24.6. The van der Waals surface area contributed by atoms with E-state index in [-0.39, 0.29) is 17.2 Å². The molecule has 0 aliphatic carbocycles. The van der Waals surface area contributed by atoms with Gasteiger partial charge in [0.25, 0.3) is 11.1 Å². The number of amides is 2. The number of hydrogen-bond donors (Lipinski definition) is 0. The maximum Gasteiger partial charge on any atom is 0.293 e. The van der Waals surface area contributed by atoms with Gasteiger partial charge in [-0.3, -0.25) is 19.3 Å². The summed E-state index contributed by atoms with van der Waals surface area (Å²) in [5.74, 6) is 0.287. The summed E-state index contributed by atoms with van der Waals surface area (Å²) in [7, 11) is 0. The van der Waals surface area contributed by atoms with E-state index in [1.807, 2.05) is 19.1 Å². The third-order valence-corrected chi connectivity index (χ3v) is 6.30. The van der Waals surface area contributed by atoms with Crippen LogP contribution in [0.3, 0.4) is 0 Å². The highest BCUT2D eigenvalue weighted by atomic mass is 35.5. The lowest BCUT2D eigenvalue weighted by Crippen LogP contribution is -2.33. The molecule has 178 valence electrons. The van der Waals surface area contributed by atoms with Crippen molar-refractivity contribution in [1.29, 1.82) is 0 Å². The van der Waals surface area contributed by atoms with Crippen molar-refractivity contribution in [2.45, 2.75) is 13.5 Å². The summed E-state index contributed by atoms with van der Waals surface area (Å²) in [5, 5.41) is 0.181. The summed E-state index contributed by atoms with van der Waals surface area (Å²) in [6, 6.07) is 21.2. The summed E-state index contributed by atoms with van der Waals surface area (Å²) in [6.45, 7) is 2.34. The van der Waals surface area contributed by atoms with Gasteiger partial charge in [-0.15, -0.1) is 0 Å². The summed E-state index contributed by atoms with van der Waals surface area (Å²) in [5.41, 5.74) is 2.08. The summed E-state index contributed by atoms with van der Waals surface area (Å²) < 4.78 is 11.7. The number of rotatable bonds is 9. The number of imide groups is 1. The second-order valence-corrected chi connectivity index (χ2v) is 9.04. The molecule has 1 heterocycles. The van der Waals surface area contributed by atoms with Crippen LogP contribution in [0.2, 0.25) is 5.02 Å². The zero-order valence-electron chi connectivity index (χ0n) is 18.9. The van der Waals surface area contributed by atoms with E-state index in [1.165, 1.54) is 0 Å². The number of benzene rings is 3. The number of thioether (sulfide) groups is 1. The van der Waals surface area contributed by atoms with E-state index >= 15 is 0 Å². The molecule has 0 aromatic heterocycles. The van der Waals surface area contributed by atoms with Crippen LogP contribution in [-0.4, -0.2) is 35.0 Å². The molecule has 0 atom stereocenters. The van der Waals surface area contributed by atoms with Gasteiger partial charge in [0.15, 0.2) is 17.3 Å². The second kappa shape index (κ2) is 11.3. The molecule has 4 rings (SSSR count). The fourth-order valence-corrected chi connectivity index (χ4v) is 4.35. The van der Waals surface area contributed by atoms with E-state index in [2.05, 4.69) is 0 Å². The molecule has 0 bridgehead atoms. The molecule has 1 aliphatic heterocycles. The van der Waals surface area contributed by atoms with Gasteiger partial charge >= 0.3 is 0 Å². The number of hydrogen-bond acceptors (Lipinski definition) is 6. The molecule has 0 saturated carbocycles. The molecule has 0 N–H and O–H groups in total. The van der Waals surface area contributed by atoms with Crippen molar-refractivity contribution in [3.8, 4) is 11.5 Å². The third kappa shape index (κ3) is 6.12. The quantitative estimate of drug-likeness (QED) is 0.252. The number of nitrogens with zero attached hydrogens (tertiary/aromatic N) is 1. The molecule has 1 aliphatic rings. The molecule has 6 nitrogen and oxygen atoms in total. The van der Waals surface area contributed by atoms with Crippen LogP contribution in [0.4, 0.5) is 4.79 Å². The van der Waals surface area contributed by atoms with Crippen molar-refractivity contribution in [1.82, 2.24) is 4.90 Å². The Morgan fingerprint density at radius 1 is 0.971 bits per heavy atom. The topological polar surface area (TPSA) is 72.9 Å². The van der Waals surface area contributed by atoms with E-state index < -0.39 is 11.1 Å². The van der Waals surface area contributed by atoms with Gasteiger partial charge in [-0.1, -0.05) is 60.1 Å². The fourth-order valence-electron chi connectivity index (χ4n) is 3.39. The molecule has 3 aromatic carbocycles. The Morgan fingerprint density at radius 2 is 1.71 bits per heavy atom. The van der Waals surface area contributed by atoms with Crippen molar-refractivity contribution in [3.63, 3.8) is 0 Å². The maximum absolute atomic E-state index is 12.8. The zero-order valence-corrected chi connectivity index (χ0v) is 20.5. The predicted molar refractivity (Wildman–Crippen MR) is 137 cm³/mol. The first-order valence-corrected chi connectivity index (χ1v) is 12.1. The van der Waals surface area contributed by atoms with Gasteiger partial charge in [0, 0.05) is 10.6 Å². The van der Waals surface area contributed by atoms with E-state index in [1.54, 1.807) is 66.7 Å². The van der Waals surface area contributed by atoms with Crippen molar-refractivity contribution < 1.29 is 23.9 Å². The average molecular weight is 508 g/mol. The minimum Gasteiger partial charge on any atom is -0.490 e. The molecular weight excluding hydrogens is 486 g/mol. The first-order chi connectivity index (χ1) is 16.9. The van der Waals surface area contributed by atoms with Gasteiger partial charge < -0.3 is 9.47 Å². The zero-order chi connectivity index (χ0) is 24.8. The Kier molecular flexibility index (Phi) is 7.90. The van der Waals surface area contributed by atoms with Gasteiger partial charge in [0.2, 0.25) is 0 Å². The van der Waals surface area contributed by atoms with Gasteiger partial charge in [-0.25, -0.2) is 0 Å². The molecule has 3 aromatic rings. The van der Waals surface area contributed by atoms with E-state index in [0.717, 1.165) is 22.2 Å². The van der Waals surface area contributed by atoms with E-state index in [4.69, 9.17) is 21.1 Å². The monoisotopic (exact) mass is 507 g/mol. The predicted octanol–water partition coefficient (Wildman–Crippen LogP) is 6.24. The summed E-state index contributed by atoms with van der Waals surface area (Å²) in [6.07, 6.45) is 1.61. The summed E-state index contributed by atoms with van der Waals surface area (Å²) in [4.78, 5) is 39.0. The number of carbonyl (C=O) groups excluding carboxylic acids is 3. The summed E-state index contributed by atoms with van der Waals surface area (Å²) >= 11 is 6.74. The van der Waals surface area contributed by atoms with Crippen LogP contribution < -0.4 is 9.47 Å². The Morgan fingerprint density at radius 3 is 2.43 bits per heavy atom. The van der Waals surface area contributed by atoms with Crippen molar-refractivity contribution in [2.75, 3.05) is 13.2 Å². The molecule has 2 amide bonds. The Hall–Kier alpha value is -3.55. The molecule has 0 spiro atoms. The van der Waals surface area contributed by atoms with Crippen molar-refractivity contribution >= 4 is 46.4 Å². The molecular formula is C27H22ClNO5S. The standard InChI is InChI=1S/C27H22ClNO5S/c1-2-33-24-14-19(10-13-23(24)34-17-18-8-11-21(28)12-9-18)15-25-26(31)29(27(32)35-25)16-22(30)20-6-4-3-5-7-20/h3-15H,2,16-17H2,1H3/b25-15+.